The Labute approximate surface area is 165 Å². The van der Waals surface area contributed by atoms with Crippen molar-refractivity contribution < 1.29 is 17.9 Å². The molecule has 1 saturated heterocycles. The van der Waals surface area contributed by atoms with Crippen molar-refractivity contribution in [3.8, 4) is 5.75 Å². The van der Waals surface area contributed by atoms with Gasteiger partial charge < -0.3 is 9.47 Å². The van der Waals surface area contributed by atoms with Crippen LogP contribution < -0.4 is 9.04 Å². The smallest absolute Gasteiger partial charge is 0.268 e. The second-order valence-electron chi connectivity index (χ2n) is 6.63. The van der Waals surface area contributed by atoms with E-state index in [0.29, 0.717) is 23.7 Å². The second kappa shape index (κ2) is 7.66. The van der Waals surface area contributed by atoms with Gasteiger partial charge in [0.25, 0.3) is 10.0 Å². The fraction of sp³-hybridized carbons (Fsp3) is 0.182. The summed E-state index contributed by atoms with van der Waals surface area (Å²) in [5.74, 6) is 0.696. The number of para-hydroxylation sites is 1. The molecule has 1 fully saturated rings. The van der Waals surface area contributed by atoms with Crippen molar-refractivity contribution in [1.29, 1.82) is 0 Å². The van der Waals surface area contributed by atoms with Crippen molar-refractivity contribution in [2.45, 2.75) is 17.9 Å². The molecule has 0 aromatic heterocycles. The summed E-state index contributed by atoms with van der Waals surface area (Å²) < 4.78 is 39.2. The molecule has 3 aromatic carbocycles. The van der Waals surface area contributed by atoms with E-state index in [9.17, 15) is 8.42 Å². The van der Waals surface area contributed by atoms with Crippen molar-refractivity contribution >= 4 is 21.4 Å². The van der Waals surface area contributed by atoms with E-state index in [0.717, 1.165) is 12.2 Å². The average molecular weight is 395 g/mol. The van der Waals surface area contributed by atoms with Gasteiger partial charge in [0.05, 0.1) is 22.9 Å². The largest absolute Gasteiger partial charge is 0.491 e. The lowest BCUT2D eigenvalue weighted by molar-refractivity contribution is 0.263. The van der Waals surface area contributed by atoms with Gasteiger partial charge >= 0.3 is 0 Å². The molecule has 3 aromatic rings. The normalized spacial score (nSPS) is 15.8. The first kappa shape index (κ1) is 18.5. The summed E-state index contributed by atoms with van der Waals surface area (Å²) in [6.07, 6.45) is 0.166. The summed E-state index contributed by atoms with van der Waals surface area (Å²) in [5.41, 5.74) is 1.97. The maximum Gasteiger partial charge on any atom is 0.268 e. The van der Waals surface area contributed by atoms with Gasteiger partial charge in [-0.15, -0.1) is 0 Å². The highest BCUT2D eigenvalue weighted by Gasteiger charge is 2.28. The Morgan fingerprint density at radius 3 is 2.25 bits per heavy atom. The number of rotatable bonds is 7. The van der Waals surface area contributed by atoms with Crippen LogP contribution in [0.1, 0.15) is 5.56 Å². The van der Waals surface area contributed by atoms with E-state index in [1.165, 1.54) is 4.31 Å². The molecule has 1 unspecified atom stereocenters. The molecule has 28 heavy (non-hydrogen) atoms. The molecule has 144 valence electrons. The molecule has 1 aliphatic heterocycles. The summed E-state index contributed by atoms with van der Waals surface area (Å²) in [6.45, 7) is 3.12. The van der Waals surface area contributed by atoms with Gasteiger partial charge in [0.2, 0.25) is 0 Å². The zero-order chi connectivity index (χ0) is 19.6. The molecule has 4 rings (SSSR count). The Kier molecular flexibility index (Phi) is 5.07. The van der Waals surface area contributed by atoms with Gasteiger partial charge in [0, 0.05) is 0 Å². The number of benzene rings is 3. The third-order valence-corrected chi connectivity index (χ3v) is 6.25. The number of anilines is 2. The molecule has 0 N–H and O–H groups in total. The third-order valence-electron chi connectivity index (χ3n) is 4.50. The number of hydrogen-bond acceptors (Lipinski definition) is 4. The van der Waals surface area contributed by atoms with E-state index < -0.39 is 10.0 Å². The summed E-state index contributed by atoms with van der Waals surface area (Å²) in [7, 11) is -3.79. The van der Waals surface area contributed by atoms with Gasteiger partial charge in [-0.1, -0.05) is 36.4 Å². The van der Waals surface area contributed by atoms with Crippen LogP contribution in [0, 0.1) is 6.92 Å². The predicted octanol–water partition coefficient (Wildman–Crippen LogP) is 4.30. The molecule has 1 aliphatic rings. The standard InChI is InChI=1S/C22H21NO4S/c1-17-14-19(26-15-20-16-27-20)12-13-22(17)23(18-8-4-2-5-9-18)28(24,25)21-10-6-3-7-11-21/h2-14,20H,15-16H2,1H3. The van der Waals surface area contributed by atoms with Crippen LogP contribution in [0.2, 0.25) is 0 Å². The molecule has 0 spiro atoms. The van der Waals surface area contributed by atoms with Crippen molar-refractivity contribution in [3.63, 3.8) is 0 Å². The Hall–Kier alpha value is -2.83. The van der Waals surface area contributed by atoms with Crippen molar-refractivity contribution in [2.75, 3.05) is 17.5 Å². The fourth-order valence-electron chi connectivity index (χ4n) is 2.97. The fourth-order valence-corrected chi connectivity index (χ4v) is 4.54. The van der Waals surface area contributed by atoms with E-state index in [1.807, 2.05) is 31.2 Å². The topological polar surface area (TPSA) is 59.1 Å². The van der Waals surface area contributed by atoms with E-state index in [2.05, 4.69) is 0 Å². The molecule has 0 bridgehead atoms. The SMILES string of the molecule is Cc1cc(OCC2CO2)ccc1N(c1ccccc1)S(=O)(=O)c1ccccc1. The van der Waals surface area contributed by atoms with Crippen LogP contribution in [0.25, 0.3) is 0 Å². The van der Waals surface area contributed by atoms with Gasteiger partial charge in [-0.2, -0.15) is 0 Å². The van der Waals surface area contributed by atoms with E-state index in [4.69, 9.17) is 9.47 Å². The van der Waals surface area contributed by atoms with Crippen LogP contribution >= 0.6 is 0 Å². The highest BCUT2D eigenvalue weighted by atomic mass is 32.2. The van der Waals surface area contributed by atoms with Crippen LogP contribution in [0.3, 0.4) is 0 Å². The molecule has 6 heteroatoms. The number of epoxide rings is 1. The lowest BCUT2D eigenvalue weighted by atomic mass is 10.2. The zero-order valence-electron chi connectivity index (χ0n) is 15.5. The molecule has 0 saturated carbocycles. The molecule has 0 aliphatic carbocycles. The van der Waals surface area contributed by atoms with E-state index >= 15 is 0 Å². The number of sulfonamides is 1. The van der Waals surface area contributed by atoms with Gasteiger partial charge in [0.1, 0.15) is 18.5 Å². The Balaban J connectivity index is 1.76. The zero-order valence-corrected chi connectivity index (χ0v) is 16.3. The third kappa shape index (κ3) is 3.88. The Morgan fingerprint density at radius 2 is 1.64 bits per heavy atom. The van der Waals surface area contributed by atoms with Gasteiger partial charge in [-0.3, -0.25) is 0 Å². The highest BCUT2D eigenvalue weighted by Crippen LogP contribution is 2.36. The summed E-state index contributed by atoms with van der Waals surface area (Å²) >= 11 is 0. The van der Waals surface area contributed by atoms with Crippen molar-refractivity contribution in [1.82, 2.24) is 0 Å². The quantitative estimate of drug-likeness (QED) is 0.560. The lowest BCUT2D eigenvalue weighted by Crippen LogP contribution is -2.27. The minimum absolute atomic E-state index is 0.166. The highest BCUT2D eigenvalue weighted by molar-refractivity contribution is 7.93. The number of nitrogens with zero attached hydrogens (tertiary/aromatic N) is 1. The average Bonchev–Trinajstić information content (AvgIpc) is 3.54. The van der Waals surface area contributed by atoms with E-state index in [1.54, 1.807) is 54.6 Å². The molecule has 5 nitrogen and oxygen atoms in total. The van der Waals surface area contributed by atoms with Gasteiger partial charge in [-0.25, -0.2) is 12.7 Å². The van der Waals surface area contributed by atoms with Crippen LogP contribution in [0.5, 0.6) is 5.75 Å². The summed E-state index contributed by atoms with van der Waals surface area (Å²) in [5, 5.41) is 0. The molecule has 0 radical (unpaired) electrons. The minimum atomic E-state index is -3.79. The molecule has 0 amide bonds. The van der Waals surface area contributed by atoms with E-state index in [-0.39, 0.29) is 11.0 Å². The Bertz CT molecular complexity index is 1050. The monoisotopic (exact) mass is 395 g/mol. The van der Waals surface area contributed by atoms with Gasteiger partial charge in [0.15, 0.2) is 0 Å². The summed E-state index contributed by atoms with van der Waals surface area (Å²) in [4.78, 5) is 0.240. The van der Waals surface area contributed by atoms with Gasteiger partial charge in [-0.05, 0) is 55.0 Å². The lowest BCUT2D eigenvalue weighted by Gasteiger charge is -2.26. The summed E-state index contributed by atoms with van der Waals surface area (Å²) in [6, 6.07) is 23.0. The first-order valence-corrected chi connectivity index (χ1v) is 10.5. The maximum absolute atomic E-state index is 13.5. The molecular formula is C22H21NO4S. The molecule has 1 heterocycles. The molecular weight excluding hydrogens is 374 g/mol. The molecule has 1 atom stereocenters. The predicted molar refractivity (Wildman–Crippen MR) is 109 cm³/mol. The van der Waals surface area contributed by atoms with Crippen LogP contribution in [0.4, 0.5) is 11.4 Å². The number of hydrogen-bond donors (Lipinski definition) is 0. The number of ether oxygens (including phenoxy) is 2. The Morgan fingerprint density at radius 1 is 1.00 bits per heavy atom. The van der Waals surface area contributed by atoms with Crippen molar-refractivity contribution in [2.24, 2.45) is 0 Å². The number of aryl methyl sites for hydroxylation is 1. The second-order valence-corrected chi connectivity index (χ2v) is 8.42. The van der Waals surface area contributed by atoms with Crippen LogP contribution in [0.15, 0.2) is 83.8 Å². The van der Waals surface area contributed by atoms with Crippen molar-refractivity contribution in [3.05, 3.63) is 84.4 Å². The maximum atomic E-state index is 13.5. The minimum Gasteiger partial charge on any atom is -0.491 e. The first-order chi connectivity index (χ1) is 13.6. The van der Waals surface area contributed by atoms with Crippen LogP contribution in [-0.2, 0) is 14.8 Å². The first-order valence-electron chi connectivity index (χ1n) is 9.06. The van der Waals surface area contributed by atoms with Crippen LogP contribution in [-0.4, -0.2) is 27.7 Å².